The van der Waals surface area contributed by atoms with Crippen LogP contribution in [-0.4, -0.2) is 0 Å². The molecule has 0 aromatic rings. The summed E-state index contributed by atoms with van der Waals surface area (Å²) >= 11 is 0. The third-order valence-corrected chi connectivity index (χ3v) is 3.78. The van der Waals surface area contributed by atoms with Crippen LogP contribution in [-0.2, 0) is 0 Å². The van der Waals surface area contributed by atoms with Gasteiger partial charge in [0.15, 0.2) is 0 Å². The molecular formula is C17H36. The molecule has 0 heterocycles. The van der Waals surface area contributed by atoms with Gasteiger partial charge < -0.3 is 0 Å². The van der Waals surface area contributed by atoms with Crippen molar-refractivity contribution < 1.29 is 0 Å². The zero-order valence-corrected chi connectivity index (χ0v) is 12.9. The Bertz CT molecular complexity index is 137. The lowest BCUT2D eigenvalue weighted by Gasteiger charge is -2.10. The largest absolute Gasteiger partial charge is 0.0654 e. The Labute approximate surface area is 111 Å². The zero-order valence-electron chi connectivity index (χ0n) is 12.9. The zero-order chi connectivity index (χ0) is 12.9. The molecule has 0 fully saturated rings. The number of unbranched alkanes of at least 4 members (excludes halogenated alkanes) is 6. The maximum atomic E-state index is 2.43. The van der Waals surface area contributed by atoms with E-state index in [0.29, 0.717) is 0 Å². The van der Waals surface area contributed by atoms with Crippen LogP contribution in [0.5, 0.6) is 0 Å². The minimum absolute atomic E-state index is 0.898. The summed E-state index contributed by atoms with van der Waals surface area (Å²) in [6.07, 6.45) is 15.9. The van der Waals surface area contributed by atoms with Crippen LogP contribution in [0.25, 0.3) is 0 Å². The summed E-state index contributed by atoms with van der Waals surface area (Å²) in [5.41, 5.74) is 0. The first kappa shape index (κ1) is 17.0. The average Bonchev–Trinajstić information content (AvgIpc) is 2.29. The van der Waals surface area contributed by atoms with Crippen LogP contribution < -0.4 is 0 Å². The van der Waals surface area contributed by atoms with Crippen molar-refractivity contribution in [1.82, 2.24) is 0 Å². The van der Waals surface area contributed by atoms with Gasteiger partial charge in [0.2, 0.25) is 0 Å². The fourth-order valence-electron chi connectivity index (χ4n) is 2.45. The minimum atomic E-state index is 0.898. The molecule has 1 atom stereocenters. The highest BCUT2D eigenvalue weighted by Crippen LogP contribution is 2.17. The van der Waals surface area contributed by atoms with Crippen molar-refractivity contribution in [1.29, 1.82) is 0 Å². The fraction of sp³-hybridized carbons (Fsp3) is 1.00. The molecule has 0 spiro atoms. The second-order valence-electron chi connectivity index (χ2n) is 6.34. The predicted molar refractivity (Wildman–Crippen MR) is 80.5 cm³/mol. The summed E-state index contributed by atoms with van der Waals surface area (Å²) in [5, 5.41) is 0. The molecule has 0 saturated carbocycles. The normalized spacial score (nSPS) is 13.2. The van der Waals surface area contributed by atoms with Crippen LogP contribution in [0.1, 0.15) is 98.3 Å². The summed E-state index contributed by atoms with van der Waals surface area (Å²) in [7, 11) is 0. The molecule has 0 amide bonds. The Balaban J connectivity index is 3.07. The molecule has 0 aliphatic rings. The van der Waals surface area contributed by atoms with E-state index in [2.05, 4.69) is 27.7 Å². The molecule has 0 rings (SSSR count). The molecule has 0 N–H and O–H groups in total. The van der Waals surface area contributed by atoms with Crippen molar-refractivity contribution in [2.75, 3.05) is 0 Å². The molecule has 0 radical (unpaired) electrons. The highest BCUT2D eigenvalue weighted by Gasteiger charge is 2.01. The van der Waals surface area contributed by atoms with Gasteiger partial charge in [-0.3, -0.25) is 0 Å². The topological polar surface area (TPSA) is 0 Å². The van der Waals surface area contributed by atoms with Crippen LogP contribution in [0.15, 0.2) is 0 Å². The molecule has 0 heteroatoms. The van der Waals surface area contributed by atoms with Gasteiger partial charge >= 0.3 is 0 Å². The van der Waals surface area contributed by atoms with Crippen LogP contribution >= 0.6 is 0 Å². The number of rotatable bonds is 12. The molecule has 104 valence electrons. The Morgan fingerprint density at radius 2 is 1.06 bits per heavy atom. The van der Waals surface area contributed by atoms with E-state index in [0.717, 1.165) is 11.8 Å². The van der Waals surface area contributed by atoms with Crippen molar-refractivity contribution >= 4 is 0 Å². The summed E-state index contributed by atoms with van der Waals surface area (Å²) < 4.78 is 0. The first-order chi connectivity index (χ1) is 8.16. The second-order valence-corrected chi connectivity index (χ2v) is 6.34. The van der Waals surface area contributed by atoms with E-state index in [1.165, 1.54) is 70.6 Å². The summed E-state index contributed by atoms with van der Waals surface area (Å²) in [6, 6.07) is 0. The third-order valence-electron chi connectivity index (χ3n) is 3.78. The molecular weight excluding hydrogens is 204 g/mol. The van der Waals surface area contributed by atoms with Gasteiger partial charge in [-0.25, -0.2) is 0 Å². The van der Waals surface area contributed by atoms with Crippen molar-refractivity contribution in [3.05, 3.63) is 0 Å². The molecule has 0 aromatic heterocycles. The van der Waals surface area contributed by atoms with Gasteiger partial charge in [0.05, 0.1) is 0 Å². The van der Waals surface area contributed by atoms with Crippen molar-refractivity contribution in [2.24, 2.45) is 11.8 Å². The SMILES string of the molecule is CCCCC(C)CCCCCCCCC(C)C. The van der Waals surface area contributed by atoms with Crippen LogP contribution in [0.2, 0.25) is 0 Å². The van der Waals surface area contributed by atoms with Crippen LogP contribution in [0.3, 0.4) is 0 Å². The Hall–Kier alpha value is 0. The quantitative estimate of drug-likeness (QED) is 0.338. The van der Waals surface area contributed by atoms with Gasteiger partial charge in [-0.2, -0.15) is 0 Å². The van der Waals surface area contributed by atoms with Crippen molar-refractivity contribution in [3.8, 4) is 0 Å². The van der Waals surface area contributed by atoms with E-state index in [1.807, 2.05) is 0 Å². The predicted octanol–water partition coefficient (Wildman–Crippen LogP) is 6.59. The Morgan fingerprint density at radius 3 is 1.59 bits per heavy atom. The lowest BCUT2D eigenvalue weighted by atomic mass is 9.96. The standard InChI is InChI=1S/C17H36/c1-5-6-14-17(4)15-12-10-8-7-9-11-13-16(2)3/h16-17H,5-15H2,1-4H3. The summed E-state index contributed by atoms with van der Waals surface area (Å²) in [5.74, 6) is 1.87. The molecule has 0 aliphatic carbocycles. The highest BCUT2D eigenvalue weighted by molar-refractivity contribution is 4.54. The molecule has 0 aromatic carbocycles. The molecule has 17 heavy (non-hydrogen) atoms. The lowest BCUT2D eigenvalue weighted by Crippen LogP contribution is -1.94. The highest BCUT2D eigenvalue weighted by atomic mass is 14.1. The smallest absolute Gasteiger partial charge is 0.0443 e. The molecule has 1 unspecified atom stereocenters. The monoisotopic (exact) mass is 240 g/mol. The Kier molecular flexibility index (Phi) is 12.5. The van der Waals surface area contributed by atoms with Gasteiger partial charge in [0.1, 0.15) is 0 Å². The molecule has 0 aliphatic heterocycles. The maximum Gasteiger partial charge on any atom is -0.0443 e. The first-order valence-electron chi connectivity index (χ1n) is 8.16. The van der Waals surface area contributed by atoms with E-state index >= 15 is 0 Å². The summed E-state index contributed by atoms with van der Waals surface area (Å²) in [6.45, 7) is 9.39. The lowest BCUT2D eigenvalue weighted by molar-refractivity contribution is 0.439. The molecule has 0 bridgehead atoms. The van der Waals surface area contributed by atoms with E-state index in [1.54, 1.807) is 0 Å². The molecule has 0 nitrogen and oxygen atoms in total. The minimum Gasteiger partial charge on any atom is -0.0654 e. The van der Waals surface area contributed by atoms with Gasteiger partial charge in [-0.05, 0) is 11.8 Å². The van der Waals surface area contributed by atoms with E-state index in [4.69, 9.17) is 0 Å². The van der Waals surface area contributed by atoms with Crippen LogP contribution in [0, 0.1) is 11.8 Å². The van der Waals surface area contributed by atoms with Gasteiger partial charge in [-0.15, -0.1) is 0 Å². The van der Waals surface area contributed by atoms with Crippen molar-refractivity contribution in [3.63, 3.8) is 0 Å². The molecule has 0 saturated heterocycles. The van der Waals surface area contributed by atoms with E-state index in [9.17, 15) is 0 Å². The third kappa shape index (κ3) is 13.9. The van der Waals surface area contributed by atoms with Crippen LogP contribution in [0.4, 0.5) is 0 Å². The van der Waals surface area contributed by atoms with Crippen molar-refractivity contribution in [2.45, 2.75) is 98.3 Å². The van der Waals surface area contributed by atoms with Gasteiger partial charge in [0, 0.05) is 0 Å². The second kappa shape index (κ2) is 12.5. The van der Waals surface area contributed by atoms with E-state index < -0.39 is 0 Å². The number of hydrogen-bond donors (Lipinski definition) is 0. The number of hydrogen-bond acceptors (Lipinski definition) is 0. The summed E-state index contributed by atoms with van der Waals surface area (Å²) in [4.78, 5) is 0. The van der Waals surface area contributed by atoms with Gasteiger partial charge in [0.25, 0.3) is 0 Å². The van der Waals surface area contributed by atoms with Gasteiger partial charge in [-0.1, -0.05) is 98.3 Å². The Morgan fingerprint density at radius 1 is 0.588 bits per heavy atom. The first-order valence-corrected chi connectivity index (χ1v) is 8.16. The van der Waals surface area contributed by atoms with E-state index in [-0.39, 0.29) is 0 Å². The fourth-order valence-corrected chi connectivity index (χ4v) is 2.45. The average molecular weight is 240 g/mol. The maximum absolute atomic E-state index is 2.43.